The number of fused-ring (bicyclic) bond motifs is 1. The van der Waals surface area contributed by atoms with Gasteiger partial charge in [-0.25, -0.2) is 0 Å². The molecular formula is C22H26N4. The van der Waals surface area contributed by atoms with Crippen LogP contribution in [0.2, 0.25) is 0 Å². The molecule has 0 unspecified atom stereocenters. The maximum atomic E-state index is 4.80. The predicted molar refractivity (Wildman–Crippen MR) is 112 cm³/mol. The molecule has 4 heteroatoms. The largest absolute Gasteiger partial charge is 0.378 e. The zero-order chi connectivity index (χ0) is 18.6. The van der Waals surface area contributed by atoms with E-state index in [2.05, 4.69) is 71.7 Å². The maximum Gasteiger partial charge on any atom is 0.149 e. The molecule has 0 fully saturated rings. The van der Waals surface area contributed by atoms with Crippen LogP contribution in [0.25, 0.3) is 6.08 Å². The first-order valence-electron chi connectivity index (χ1n) is 8.86. The van der Waals surface area contributed by atoms with Gasteiger partial charge in [0.1, 0.15) is 5.84 Å². The van der Waals surface area contributed by atoms with Crippen molar-refractivity contribution in [3.63, 3.8) is 0 Å². The van der Waals surface area contributed by atoms with Crippen molar-refractivity contribution in [1.29, 1.82) is 0 Å². The first kappa shape index (κ1) is 17.9. The van der Waals surface area contributed by atoms with Gasteiger partial charge < -0.3 is 4.90 Å². The van der Waals surface area contributed by atoms with E-state index in [0.29, 0.717) is 0 Å². The minimum absolute atomic E-state index is 0.115. The average molecular weight is 346 g/mol. The monoisotopic (exact) mass is 346 g/mol. The molecular weight excluding hydrogens is 320 g/mol. The van der Waals surface area contributed by atoms with Crippen molar-refractivity contribution in [3.05, 3.63) is 71.3 Å². The smallest absolute Gasteiger partial charge is 0.149 e. The van der Waals surface area contributed by atoms with E-state index in [9.17, 15) is 0 Å². The Morgan fingerprint density at radius 1 is 1.08 bits per heavy atom. The molecule has 0 saturated heterocycles. The van der Waals surface area contributed by atoms with Gasteiger partial charge in [-0.1, -0.05) is 42.5 Å². The van der Waals surface area contributed by atoms with Crippen molar-refractivity contribution in [2.45, 2.75) is 25.8 Å². The van der Waals surface area contributed by atoms with Gasteiger partial charge in [0.05, 0.1) is 5.54 Å². The summed E-state index contributed by atoms with van der Waals surface area (Å²) in [4.78, 5) is 6.89. The minimum atomic E-state index is -0.115. The molecule has 1 aliphatic heterocycles. The number of nitrogens with one attached hydrogen (secondary N) is 1. The lowest BCUT2D eigenvalue weighted by atomic mass is 9.89. The first-order chi connectivity index (χ1) is 12.4. The number of hydrogen-bond acceptors (Lipinski definition) is 4. The maximum absolute atomic E-state index is 4.80. The molecule has 0 spiro atoms. The van der Waals surface area contributed by atoms with Crippen LogP contribution in [0, 0.1) is 0 Å². The van der Waals surface area contributed by atoms with Gasteiger partial charge in [0, 0.05) is 31.6 Å². The summed E-state index contributed by atoms with van der Waals surface area (Å²) in [6.07, 6.45) is 6.66. The second-order valence-corrected chi connectivity index (χ2v) is 7.34. The van der Waals surface area contributed by atoms with Crippen LogP contribution in [-0.4, -0.2) is 31.7 Å². The van der Waals surface area contributed by atoms with Gasteiger partial charge in [-0.05, 0) is 49.6 Å². The van der Waals surface area contributed by atoms with Crippen LogP contribution >= 0.6 is 0 Å². The number of allylic oxidation sites excluding steroid dienone is 1. The lowest BCUT2D eigenvalue weighted by Crippen LogP contribution is -2.34. The summed E-state index contributed by atoms with van der Waals surface area (Å²) in [7, 11) is 4.08. The quantitative estimate of drug-likeness (QED) is 0.668. The number of anilines is 1. The Labute approximate surface area is 156 Å². The van der Waals surface area contributed by atoms with E-state index in [4.69, 9.17) is 4.99 Å². The Kier molecular flexibility index (Phi) is 5.21. The van der Waals surface area contributed by atoms with Crippen LogP contribution < -0.4 is 10.3 Å². The van der Waals surface area contributed by atoms with E-state index >= 15 is 0 Å². The van der Waals surface area contributed by atoms with Crippen LogP contribution in [0.1, 0.15) is 30.5 Å². The fourth-order valence-corrected chi connectivity index (χ4v) is 3.04. The third-order valence-corrected chi connectivity index (χ3v) is 4.34. The summed E-state index contributed by atoms with van der Waals surface area (Å²) in [6.45, 7) is 4.29. The molecule has 1 heterocycles. The number of benzene rings is 2. The molecule has 1 aliphatic rings. The SMILES string of the molecule is CN(C)c1ccc(/C=C/C=NNC2=NC(C)(C)Cc3ccccc32)cc1. The average Bonchev–Trinajstić information content (AvgIpc) is 2.60. The topological polar surface area (TPSA) is 40.0 Å². The van der Waals surface area contributed by atoms with Crippen LogP contribution in [0.5, 0.6) is 0 Å². The summed E-state index contributed by atoms with van der Waals surface area (Å²) >= 11 is 0. The van der Waals surface area contributed by atoms with Crippen molar-refractivity contribution in [2.24, 2.45) is 10.1 Å². The zero-order valence-electron chi connectivity index (χ0n) is 15.9. The second kappa shape index (κ2) is 7.56. The standard InChI is InChI=1S/C22H26N4/c1-22(2)16-18-9-5-6-10-20(18)21(24-22)25-23-15-7-8-17-11-13-19(14-12-17)26(3)4/h5-15H,16H2,1-4H3,(H,24,25)/b8-7+,23-15?. The van der Waals surface area contributed by atoms with Gasteiger partial charge in [-0.3, -0.25) is 10.4 Å². The summed E-state index contributed by atoms with van der Waals surface area (Å²) in [5.74, 6) is 0.830. The molecule has 0 radical (unpaired) electrons. The molecule has 0 bridgehead atoms. The van der Waals surface area contributed by atoms with Crippen molar-refractivity contribution >= 4 is 23.8 Å². The molecule has 0 saturated carbocycles. The van der Waals surface area contributed by atoms with Gasteiger partial charge in [0.15, 0.2) is 0 Å². The molecule has 0 amide bonds. The van der Waals surface area contributed by atoms with E-state index in [0.717, 1.165) is 23.4 Å². The number of hydrazone groups is 1. The molecule has 3 rings (SSSR count). The predicted octanol–water partition coefficient (Wildman–Crippen LogP) is 4.12. The van der Waals surface area contributed by atoms with Crippen LogP contribution in [0.15, 0.2) is 64.7 Å². The first-order valence-corrected chi connectivity index (χ1v) is 8.86. The van der Waals surface area contributed by atoms with Crippen molar-refractivity contribution < 1.29 is 0 Å². The number of nitrogens with zero attached hydrogens (tertiary/aromatic N) is 3. The van der Waals surface area contributed by atoms with E-state index in [1.807, 2.05) is 32.3 Å². The highest BCUT2D eigenvalue weighted by atomic mass is 15.3. The molecule has 0 atom stereocenters. The molecule has 4 nitrogen and oxygen atoms in total. The van der Waals surface area contributed by atoms with Gasteiger partial charge >= 0.3 is 0 Å². The fraction of sp³-hybridized carbons (Fsp3) is 0.273. The van der Waals surface area contributed by atoms with Gasteiger partial charge in [0.25, 0.3) is 0 Å². The highest BCUT2D eigenvalue weighted by molar-refractivity contribution is 6.01. The highest BCUT2D eigenvalue weighted by Crippen LogP contribution is 2.25. The van der Waals surface area contributed by atoms with Crippen molar-refractivity contribution in [2.75, 3.05) is 19.0 Å². The Bertz CT molecular complexity index is 843. The number of hydrogen-bond donors (Lipinski definition) is 1. The Morgan fingerprint density at radius 3 is 2.54 bits per heavy atom. The summed E-state index contributed by atoms with van der Waals surface area (Å²) in [5, 5.41) is 4.32. The van der Waals surface area contributed by atoms with Crippen LogP contribution in [0.4, 0.5) is 5.69 Å². The number of aliphatic imine (C=N–C) groups is 1. The molecule has 2 aromatic carbocycles. The van der Waals surface area contributed by atoms with E-state index in [-0.39, 0.29) is 5.54 Å². The third-order valence-electron chi connectivity index (χ3n) is 4.34. The Morgan fingerprint density at radius 2 is 1.81 bits per heavy atom. The van der Waals surface area contributed by atoms with Gasteiger partial charge in [-0.15, -0.1) is 0 Å². The van der Waals surface area contributed by atoms with Crippen LogP contribution in [-0.2, 0) is 6.42 Å². The lowest BCUT2D eigenvalue weighted by molar-refractivity contribution is 0.509. The highest BCUT2D eigenvalue weighted by Gasteiger charge is 2.26. The fourth-order valence-electron chi connectivity index (χ4n) is 3.04. The zero-order valence-corrected chi connectivity index (χ0v) is 15.9. The Hall–Kier alpha value is -2.88. The van der Waals surface area contributed by atoms with E-state index in [1.54, 1.807) is 6.21 Å². The molecule has 26 heavy (non-hydrogen) atoms. The van der Waals surface area contributed by atoms with Gasteiger partial charge in [-0.2, -0.15) is 5.10 Å². The summed E-state index contributed by atoms with van der Waals surface area (Å²) in [6, 6.07) is 16.8. The second-order valence-electron chi connectivity index (χ2n) is 7.34. The summed E-state index contributed by atoms with van der Waals surface area (Å²) in [5.41, 5.74) is 7.76. The van der Waals surface area contributed by atoms with E-state index in [1.165, 1.54) is 11.3 Å². The summed E-state index contributed by atoms with van der Waals surface area (Å²) < 4.78 is 0. The van der Waals surface area contributed by atoms with Crippen molar-refractivity contribution in [3.8, 4) is 0 Å². The molecule has 2 aromatic rings. The van der Waals surface area contributed by atoms with E-state index < -0.39 is 0 Å². The molecule has 134 valence electrons. The molecule has 1 N–H and O–H groups in total. The Balaban J connectivity index is 1.65. The molecule has 0 aliphatic carbocycles. The third kappa shape index (κ3) is 4.39. The lowest BCUT2D eigenvalue weighted by Gasteiger charge is -2.28. The normalized spacial score (nSPS) is 15.8. The number of rotatable bonds is 4. The molecule has 0 aromatic heterocycles. The van der Waals surface area contributed by atoms with Crippen molar-refractivity contribution in [1.82, 2.24) is 5.43 Å². The van der Waals surface area contributed by atoms with Gasteiger partial charge in [0.2, 0.25) is 0 Å². The minimum Gasteiger partial charge on any atom is -0.378 e. The number of amidine groups is 1. The van der Waals surface area contributed by atoms with Crippen LogP contribution in [0.3, 0.4) is 0 Å².